The third kappa shape index (κ3) is 11.7. The van der Waals surface area contributed by atoms with Crippen molar-refractivity contribution in [2.75, 3.05) is 11.4 Å². The molecule has 0 atom stereocenters. The summed E-state index contributed by atoms with van der Waals surface area (Å²) in [6.45, 7) is 4.97. The zero-order valence-corrected chi connectivity index (χ0v) is 19.8. The van der Waals surface area contributed by atoms with E-state index in [1.54, 1.807) is 4.90 Å². The van der Waals surface area contributed by atoms with Crippen molar-refractivity contribution in [1.82, 2.24) is 0 Å². The highest BCUT2D eigenvalue weighted by Crippen LogP contribution is 2.23. The Morgan fingerprint density at radius 1 is 0.767 bits per heavy atom. The van der Waals surface area contributed by atoms with Crippen LogP contribution in [0.25, 0.3) is 0 Å². The normalized spacial score (nSPS) is 11.0. The fourth-order valence-corrected chi connectivity index (χ4v) is 4.22. The van der Waals surface area contributed by atoms with Gasteiger partial charge in [-0.25, -0.2) is 0 Å². The van der Waals surface area contributed by atoms with Crippen LogP contribution in [0.15, 0.2) is 18.2 Å². The molecule has 0 radical (unpaired) electrons. The van der Waals surface area contributed by atoms with E-state index in [4.69, 9.17) is 0 Å². The molecular weight excluding hydrogens is 370 g/mol. The number of aliphatic hydroxyl groups excluding tert-OH is 1. The second-order valence-corrected chi connectivity index (χ2v) is 8.83. The number of benzene rings is 1. The maximum atomic E-state index is 11.5. The van der Waals surface area contributed by atoms with E-state index in [2.05, 4.69) is 6.92 Å². The minimum absolute atomic E-state index is 0.0225. The summed E-state index contributed by atoms with van der Waals surface area (Å²) in [4.78, 5) is 13.3. The van der Waals surface area contributed by atoms with Gasteiger partial charge < -0.3 is 10.0 Å². The lowest BCUT2D eigenvalue weighted by Crippen LogP contribution is -2.24. The Labute approximate surface area is 186 Å². The first-order chi connectivity index (χ1) is 14.7. The average Bonchev–Trinajstić information content (AvgIpc) is 2.76. The summed E-state index contributed by atoms with van der Waals surface area (Å²) in [6.07, 6.45) is 22.5. The number of anilines is 1. The Bertz CT molecular complexity index is 544. The van der Waals surface area contributed by atoms with Crippen LogP contribution in [0.2, 0.25) is 0 Å². The Morgan fingerprint density at radius 2 is 1.23 bits per heavy atom. The molecule has 0 saturated carbocycles. The molecule has 1 aromatic carbocycles. The lowest BCUT2D eigenvalue weighted by molar-refractivity contribution is -0.107. The monoisotopic (exact) mass is 417 g/mol. The van der Waals surface area contributed by atoms with Gasteiger partial charge in [0.2, 0.25) is 6.41 Å². The predicted octanol–water partition coefficient (Wildman–Crippen LogP) is 7.71. The molecule has 172 valence electrons. The van der Waals surface area contributed by atoms with Gasteiger partial charge in [0.05, 0.1) is 6.61 Å². The largest absolute Gasteiger partial charge is 0.392 e. The summed E-state index contributed by atoms with van der Waals surface area (Å²) >= 11 is 0. The number of amides is 1. The van der Waals surface area contributed by atoms with Crippen molar-refractivity contribution >= 4 is 12.1 Å². The van der Waals surface area contributed by atoms with Crippen LogP contribution >= 0.6 is 0 Å². The van der Waals surface area contributed by atoms with Crippen molar-refractivity contribution in [2.45, 2.75) is 123 Å². The van der Waals surface area contributed by atoms with Gasteiger partial charge in [0.15, 0.2) is 0 Å². The molecule has 1 aromatic rings. The first-order valence-corrected chi connectivity index (χ1v) is 12.7. The van der Waals surface area contributed by atoms with Gasteiger partial charge in [-0.3, -0.25) is 4.79 Å². The number of unbranched alkanes of at least 4 members (excludes halogenated alkanes) is 15. The van der Waals surface area contributed by atoms with E-state index in [-0.39, 0.29) is 6.61 Å². The second-order valence-electron chi connectivity index (χ2n) is 8.83. The molecule has 0 aliphatic heterocycles. The summed E-state index contributed by atoms with van der Waals surface area (Å²) < 4.78 is 0. The van der Waals surface area contributed by atoms with E-state index in [1.165, 1.54) is 96.3 Å². The number of hydrogen-bond acceptors (Lipinski definition) is 2. The molecule has 0 spiro atoms. The van der Waals surface area contributed by atoms with Crippen molar-refractivity contribution in [3.63, 3.8) is 0 Å². The van der Waals surface area contributed by atoms with Gasteiger partial charge >= 0.3 is 0 Å². The van der Waals surface area contributed by atoms with Crippen LogP contribution in [-0.4, -0.2) is 18.1 Å². The third-order valence-electron chi connectivity index (χ3n) is 6.23. The molecule has 0 aliphatic carbocycles. The number of rotatable bonds is 20. The van der Waals surface area contributed by atoms with Crippen LogP contribution in [0, 0.1) is 6.92 Å². The fourth-order valence-electron chi connectivity index (χ4n) is 4.22. The van der Waals surface area contributed by atoms with Gasteiger partial charge in [0, 0.05) is 17.8 Å². The summed E-state index contributed by atoms with van der Waals surface area (Å²) in [6, 6.07) is 5.86. The molecule has 1 N–H and O–H groups in total. The third-order valence-corrected chi connectivity index (χ3v) is 6.23. The summed E-state index contributed by atoms with van der Waals surface area (Å²) in [5.41, 5.74) is 2.75. The zero-order valence-electron chi connectivity index (χ0n) is 19.8. The Balaban J connectivity index is 1.98. The molecule has 0 aliphatic rings. The first-order valence-electron chi connectivity index (χ1n) is 12.7. The Kier molecular flexibility index (Phi) is 16.4. The number of aryl methyl sites for hydroxylation is 1. The van der Waals surface area contributed by atoms with Crippen molar-refractivity contribution < 1.29 is 9.90 Å². The molecule has 1 rings (SSSR count). The van der Waals surface area contributed by atoms with E-state index < -0.39 is 0 Å². The molecule has 0 saturated heterocycles. The van der Waals surface area contributed by atoms with E-state index in [1.807, 2.05) is 25.1 Å². The fraction of sp³-hybridized carbons (Fsp3) is 0.741. The lowest BCUT2D eigenvalue weighted by Gasteiger charge is -2.21. The topological polar surface area (TPSA) is 40.5 Å². The van der Waals surface area contributed by atoms with Crippen molar-refractivity contribution in [2.24, 2.45) is 0 Å². The molecule has 0 fully saturated rings. The van der Waals surface area contributed by atoms with Crippen LogP contribution in [0.1, 0.15) is 121 Å². The minimum atomic E-state index is -0.0225. The van der Waals surface area contributed by atoms with Gasteiger partial charge in [-0.1, -0.05) is 115 Å². The highest BCUT2D eigenvalue weighted by Gasteiger charge is 2.11. The molecule has 0 bridgehead atoms. The standard InChI is InChI=1S/C27H47NO2/c1-3-4-5-6-7-8-9-10-11-12-13-14-15-16-17-18-22-28(24-30)27-21-19-20-25(2)26(27)23-29/h19-21,24,29H,3-18,22-23H2,1-2H3. The first kappa shape index (κ1) is 26.7. The molecular formula is C27H47NO2. The number of hydrogen-bond donors (Lipinski definition) is 1. The molecule has 0 unspecified atom stereocenters. The van der Waals surface area contributed by atoms with E-state index in [9.17, 15) is 9.90 Å². The van der Waals surface area contributed by atoms with E-state index >= 15 is 0 Å². The number of aliphatic hydroxyl groups is 1. The van der Waals surface area contributed by atoms with Crippen LogP contribution in [0.5, 0.6) is 0 Å². The predicted molar refractivity (Wildman–Crippen MR) is 130 cm³/mol. The van der Waals surface area contributed by atoms with Gasteiger partial charge in [0.25, 0.3) is 0 Å². The summed E-state index contributed by atoms with van der Waals surface area (Å²) in [5.74, 6) is 0. The smallest absolute Gasteiger partial charge is 0.214 e. The van der Waals surface area contributed by atoms with Crippen molar-refractivity contribution in [1.29, 1.82) is 0 Å². The molecule has 1 amide bonds. The quantitative estimate of drug-likeness (QED) is 0.174. The summed E-state index contributed by atoms with van der Waals surface area (Å²) in [7, 11) is 0. The Hall–Kier alpha value is -1.35. The van der Waals surface area contributed by atoms with Crippen LogP contribution < -0.4 is 4.90 Å². The molecule has 3 heteroatoms. The Morgan fingerprint density at radius 3 is 1.67 bits per heavy atom. The van der Waals surface area contributed by atoms with E-state index in [0.29, 0.717) is 0 Å². The number of carbonyl (C=O) groups excluding carboxylic acids is 1. The maximum absolute atomic E-state index is 11.5. The molecule has 30 heavy (non-hydrogen) atoms. The van der Waals surface area contributed by atoms with Gasteiger partial charge in [0.1, 0.15) is 0 Å². The van der Waals surface area contributed by atoms with Gasteiger partial charge in [-0.2, -0.15) is 0 Å². The number of carbonyl (C=O) groups is 1. The maximum Gasteiger partial charge on any atom is 0.214 e. The second kappa shape index (κ2) is 18.4. The summed E-state index contributed by atoms with van der Waals surface area (Å²) in [5, 5.41) is 9.61. The van der Waals surface area contributed by atoms with Gasteiger partial charge in [-0.15, -0.1) is 0 Å². The van der Waals surface area contributed by atoms with Crippen LogP contribution in [-0.2, 0) is 11.4 Å². The zero-order chi connectivity index (χ0) is 21.9. The van der Waals surface area contributed by atoms with Crippen molar-refractivity contribution in [3.8, 4) is 0 Å². The SMILES string of the molecule is CCCCCCCCCCCCCCCCCCN(C=O)c1cccc(C)c1CO. The number of nitrogens with zero attached hydrogens (tertiary/aromatic N) is 1. The molecule has 3 nitrogen and oxygen atoms in total. The lowest BCUT2D eigenvalue weighted by atomic mass is 10.0. The van der Waals surface area contributed by atoms with Gasteiger partial charge in [-0.05, 0) is 25.0 Å². The molecule has 0 aromatic heterocycles. The highest BCUT2D eigenvalue weighted by atomic mass is 16.3. The minimum Gasteiger partial charge on any atom is -0.392 e. The van der Waals surface area contributed by atoms with Crippen LogP contribution in [0.4, 0.5) is 5.69 Å². The molecule has 0 heterocycles. The average molecular weight is 418 g/mol. The highest BCUT2D eigenvalue weighted by molar-refractivity contribution is 5.77. The van der Waals surface area contributed by atoms with Crippen LogP contribution in [0.3, 0.4) is 0 Å². The van der Waals surface area contributed by atoms with E-state index in [0.717, 1.165) is 36.2 Å². The van der Waals surface area contributed by atoms with Crippen molar-refractivity contribution in [3.05, 3.63) is 29.3 Å².